The van der Waals surface area contributed by atoms with Crippen molar-refractivity contribution in [3.05, 3.63) is 76.6 Å². The van der Waals surface area contributed by atoms with E-state index in [9.17, 15) is 4.79 Å². The summed E-state index contributed by atoms with van der Waals surface area (Å²) in [6, 6.07) is 19.9. The van der Waals surface area contributed by atoms with E-state index in [-0.39, 0.29) is 5.56 Å². The van der Waals surface area contributed by atoms with Gasteiger partial charge in [0.25, 0.3) is 5.56 Å². The molecular weight excluding hydrogens is 304 g/mol. The zero-order valence-corrected chi connectivity index (χ0v) is 13.4. The number of hydrogen-bond donors (Lipinski definition) is 1. The van der Waals surface area contributed by atoms with Gasteiger partial charge in [-0.3, -0.25) is 4.79 Å². The second kappa shape index (κ2) is 5.48. The van der Waals surface area contributed by atoms with Gasteiger partial charge in [0.2, 0.25) is 0 Å². The van der Waals surface area contributed by atoms with E-state index in [1.807, 2.05) is 67.6 Å². The van der Waals surface area contributed by atoms with E-state index < -0.39 is 0 Å². The third-order valence-corrected chi connectivity index (χ3v) is 4.94. The highest BCUT2D eigenvalue weighted by molar-refractivity contribution is 7.21. The Morgan fingerprint density at radius 1 is 1.00 bits per heavy atom. The first kappa shape index (κ1) is 13.9. The second-order valence-corrected chi connectivity index (χ2v) is 6.46. The molecule has 1 N–H and O–H groups in total. The Labute approximate surface area is 137 Å². The summed E-state index contributed by atoms with van der Waals surface area (Å²) in [7, 11) is 0. The molecule has 0 amide bonds. The van der Waals surface area contributed by atoms with Gasteiger partial charge in [0.1, 0.15) is 10.7 Å². The van der Waals surface area contributed by atoms with Crippen LogP contribution in [-0.4, -0.2) is 9.97 Å². The van der Waals surface area contributed by atoms with Crippen molar-refractivity contribution >= 4 is 21.6 Å². The number of fused-ring (bicyclic) bond motifs is 1. The van der Waals surface area contributed by atoms with Crippen molar-refractivity contribution in [1.29, 1.82) is 0 Å². The van der Waals surface area contributed by atoms with Crippen molar-refractivity contribution in [2.75, 3.05) is 0 Å². The van der Waals surface area contributed by atoms with Gasteiger partial charge in [0, 0.05) is 10.4 Å². The first-order valence-electron chi connectivity index (χ1n) is 7.37. The lowest BCUT2D eigenvalue weighted by Gasteiger charge is -2.04. The molecule has 4 heteroatoms. The van der Waals surface area contributed by atoms with E-state index in [0.717, 1.165) is 26.4 Å². The highest BCUT2D eigenvalue weighted by atomic mass is 32.1. The molecule has 112 valence electrons. The van der Waals surface area contributed by atoms with Crippen LogP contribution in [0.4, 0.5) is 0 Å². The molecule has 0 aliphatic rings. The van der Waals surface area contributed by atoms with E-state index in [4.69, 9.17) is 0 Å². The van der Waals surface area contributed by atoms with Gasteiger partial charge < -0.3 is 4.98 Å². The van der Waals surface area contributed by atoms with Crippen LogP contribution in [-0.2, 0) is 0 Å². The molecular formula is C19H14N2OS. The molecule has 0 bridgehead atoms. The van der Waals surface area contributed by atoms with Gasteiger partial charge in [-0.2, -0.15) is 0 Å². The molecule has 23 heavy (non-hydrogen) atoms. The van der Waals surface area contributed by atoms with Gasteiger partial charge in [-0.1, -0.05) is 54.6 Å². The van der Waals surface area contributed by atoms with Gasteiger partial charge in [-0.25, -0.2) is 4.98 Å². The molecule has 0 saturated carbocycles. The minimum Gasteiger partial charge on any atom is -0.306 e. The number of aromatic nitrogens is 2. The predicted octanol–water partition coefficient (Wildman–Crippen LogP) is 4.63. The lowest BCUT2D eigenvalue weighted by molar-refractivity contribution is 1.18. The average molecular weight is 318 g/mol. The molecule has 0 radical (unpaired) electrons. The van der Waals surface area contributed by atoms with Gasteiger partial charge in [-0.15, -0.1) is 11.3 Å². The van der Waals surface area contributed by atoms with E-state index in [2.05, 4.69) is 9.97 Å². The topological polar surface area (TPSA) is 45.8 Å². The molecule has 2 heterocycles. The maximum Gasteiger partial charge on any atom is 0.259 e. The quantitative estimate of drug-likeness (QED) is 0.586. The van der Waals surface area contributed by atoms with E-state index in [1.54, 1.807) is 11.3 Å². The zero-order valence-electron chi connectivity index (χ0n) is 12.5. The van der Waals surface area contributed by atoms with Crippen molar-refractivity contribution in [2.45, 2.75) is 6.92 Å². The Bertz CT molecular complexity index is 1050. The van der Waals surface area contributed by atoms with Crippen molar-refractivity contribution in [2.24, 2.45) is 0 Å². The van der Waals surface area contributed by atoms with E-state index in [1.165, 1.54) is 0 Å². The summed E-state index contributed by atoms with van der Waals surface area (Å²) in [5, 5.41) is 0.645. The summed E-state index contributed by atoms with van der Waals surface area (Å²) in [5.41, 5.74) is 3.06. The molecule has 0 spiro atoms. The summed E-state index contributed by atoms with van der Waals surface area (Å²) in [4.78, 5) is 21.9. The number of rotatable bonds is 2. The number of hydrogen-bond acceptors (Lipinski definition) is 3. The van der Waals surface area contributed by atoms with Gasteiger partial charge in [0.05, 0.1) is 5.39 Å². The molecule has 0 atom stereocenters. The SMILES string of the molecule is Cc1ccccc1-c1nc2sc(-c3ccccc3)cc2c(=O)[nH]1. The fraction of sp³-hybridized carbons (Fsp3) is 0.0526. The molecule has 0 aliphatic carbocycles. The molecule has 0 aliphatic heterocycles. The Hall–Kier alpha value is -2.72. The molecule has 4 rings (SSSR count). The standard InChI is InChI=1S/C19H14N2OS/c1-12-7-5-6-10-14(12)17-20-18(22)15-11-16(23-19(15)21-17)13-8-3-2-4-9-13/h2-11H,1H3,(H,20,21,22). The summed E-state index contributed by atoms with van der Waals surface area (Å²) in [6.45, 7) is 2.02. The third-order valence-electron chi connectivity index (χ3n) is 3.86. The van der Waals surface area contributed by atoms with E-state index >= 15 is 0 Å². The van der Waals surface area contributed by atoms with Gasteiger partial charge >= 0.3 is 0 Å². The number of H-pyrrole nitrogens is 1. The highest BCUT2D eigenvalue weighted by Gasteiger charge is 2.12. The minimum atomic E-state index is -0.0910. The van der Waals surface area contributed by atoms with Crippen LogP contribution in [0, 0.1) is 6.92 Å². The molecule has 0 saturated heterocycles. The van der Waals surface area contributed by atoms with Crippen LogP contribution in [0.15, 0.2) is 65.5 Å². The van der Waals surface area contributed by atoms with Crippen LogP contribution >= 0.6 is 11.3 Å². The number of thiophene rings is 1. The van der Waals surface area contributed by atoms with Crippen LogP contribution in [0.2, 0.25) is 0 Å². The van der Waals surface area contributed by atoms with Gasteiger partial charge in [0.15, 0.2) is 0 Å². The lowest BCUT2D eigenvalue weighted by atomic mass is 10.1. The number of nitrogens with one attached hydrogen (secondary N) is 1. The maximum absolute atomic E-state index is 12.4. The maximum atomic E-state index is 12.4. The fourth-order valence-corrected chi connectivity index (χ4v) is 3.68. The Morgan fingerprint density at radius 3 is 2.52 bits per heavy atom. The van der Waals surface area contributed by atoms with Crippen molar-refractivity contribution in [1.82, 2.24) is 9.97 Å². The normalized spacial score (nSPS) is 11.0. The molecule has 0 fully saturated rings. The molecule has 2 aromatic carbocycles. The molecule has 0 unspecified atom stereocenters. The molecule has 3 nitrogen and oxygen atoms in total. The number of aromatic amines is 1. The minimum absolute atomic E-state index is 0.0910. The van der Waals surface area contributed by atoms with Crippen molar-refractivity contribution in [3.8, 4) is 21.8 Å². The number of nitrogens with zero attached hydrogens (tertiary/aromatic N) is 1. The zero-order chi connectivity index (χ0) is 15.8. The van der Waals surface area contributed by atoms with Crippen LogP contribution < -0.4 is 5.56 Å². The van der Waals surface area contributed by atoms with Gasteiger partial charge in [-0.05, 0) is 24.1 Å². The summed E-state index contributed by atoms with van der Waals surface area (Å²) >= 11 is 1.55. The van der Waals surface area contributed by atoms with Crippen LogP contribution in [0.25, 0.3) is 32.0 Å². The summed E-state index contributed by atoms with van der Waals surface area (Å²) < 4.78 is 0. The highest BCUT2D eigenvalue weighted by Crippen LogP contribution is 2.31. The Kier molecular flexibility index (Phi) is 3.32. The second-order valence-electron chi connectivity index (χ2n) is 5.42. The first-order valence-corrected chi connectivity index (χ1v) is 8.19. The van der Waals surface area contributed by atoms with Crippen molar-refractivity contribution < 1.29 is 0 Å². The van der Waals surface area contributed by atoms with Crippen LogP contribution in [0.3, 0.4) is 0 Å². The average Bonchev–Trinajstić information content (AvgIpc) is 3.01. The summed E-state index contributed by atoms with van der Waals surface area (Å²) in [6.07, 6.45) is 0. The first-order chi connectivity index (χ1) is 11.2. The third kappa shape index (κ3) is 2.47. The Balaban J connectivity index is 1.92. The lowest BCUT2D eigenvalue weighted by Crippen LogP contribution is -2.08. The number of benzene rings is 2. The Morgan fingerprint density at radius 2 is 1.74 bits per heavy atom. The predicted molar refractivity (Wildman–Crippen MR) is 95.8 cm³/mol. The van der Waals surface area contributed by atoms with Crippen molar-refractivity contribution in [3.63, 3.8) is 0 Å². The van der Waals surface area contributed by atoms with E-state index in [0.29, 0.717) is 11.2 Å². The fourth-order valence-electron chi connectivity index (χ4n) is 2.64. The summed E-state index contributed by atoms with van der Waals surface area (Å²) in [5.74, 6) is 0.627. The number of aryl methyl sites for hydroxylation is 1. The van der Waals surface area contributed by atoms with Crippen LogP contribution in [0.1, 0.15) is 5.56 Å². The molecule has 4 aromatic rings. The smallest absolute Gasteiger partial charge is 0.259 e. The van der Waals surface area contributed by atoms with Crippen LogP contribution in [0.5, 0.6) is 0 Å². The monoisotopic (exact) mass is 318 g/mol. The largest absolute Gasteiger partial charge is 0.306 e. The molecule has 2 aromatic heterocycles.